The molecular formula is C14H15NO. The Balaban J connectivity index is 1.81. The summed E-state index contributed by atoms with van der Waals surface area (Å²) in [6, 6.07) is 8.59. The maximum Gasteiger partial charge on any atom is 0.120 e. The van der Waals surface area contributed by atoms with Gasteiger partial charge in [-0.15, -0.1) is 0 Å². The van der Waals surface area contributed by atoms with Crippen LogP contribution < -0.4 is 4.74 Å². The van der Waals surface area contributed by atoms with Gasteiger partial charge in [0.2, 0.25) is 0 Å². The first-order chi connectivity index (χ1) is 7.86. The lowest BCUT2D eigenvalue weighted by molar-refractivity contribution is 0.120. The predicted molar refractivity (Wildman–Crippen MR) is 61.4 cm³/mol. The standard InChI is InChI=1S/C14H15NO/c15-9-11-5-4-10-8-13(6-7-14(10)11)16-12-2-1-3-12/h6-8,11-12H,1-5H2. The molecule has 1 unspecified atom stereocenters. The van der Waals surface area contributed by atoms with E-state index in [1.165, 1.54) is 30.4 Å². The van der Waals surface area contributed by atoms with Gasteiger partial charge in [-0.1, -0.05) is 6.07 Å². The molecule has 1 aromatic rings. The third-order valence-electron chi connectivity index (χ3n) is 3.70. The van der Waals surface area contributed by atoms with Crippen molar-refractivity contribution in [1.82, 2.24) is 0 Å². The van der Waals surface area contributed by atoms with Crippen LogP contribution in [0.1, 0.15) is 42.7 Å². The highest BCUT2D eigenvalue weighted by atomic mass is 16.5. The number of nitrogens with zero attached hydrogens (tertiary/aromatic N) is 1. The Morgan fingerprint density at radius 1 is 1.25 bits per heavy atom. The van der Waals surface area contributed by atoms with E-state index in [-0.39, 0.29) is 5.92 Å². The second kappa shape index (κ2) is 3.83. The van der Waals surface area contributed by atoms with Gasteiger partial charge in [0.15, 0.2) is 0 Å². The number of rotatable bonds is 2. The number of fused-ring (bicyclic) bond motifs is 1. The van der Waals surface area contributed by atoms with Crippen molar-refractivity contribution in [3.05, 3.63) is 29.3 Å². The van der Waals surface area contributed by atoms with Crippen molar-refractivity contribution in [2.75, 3.05) is 0 Å². The van der Waals surface area contributed by atoms with Crippen LogP contribution in [0.15, 0.2) is 18.2 Å². The molecule has 1 fully saturated rings. The molecule has 1 aromatic carbocycles. The molecule has 0 aliphatic heterocycles. The molecule has 0 radical (unpaired) electrons. The predicted octanol–water partition coefficient (Wildman–Crippen LogP) is 3.17. The number of hydrogen-bond donors (Lipinski definition) is 0. The number of nitriles is 1. The molecule has 2 nitrogen and oxygen atoms in total. The summed E-state index contributed by atoms with van der Waals surface area (Å²) in [5.74, 6) is 1.09. The van der Waals surface area contributed by atoms with Gasteiger partial charge in [0.1, 0.15) is 5.75 Å². The molecule has 16 heavy (non-hydrogen) atoms. The highest BCUT2D eigenvalue weighted by Gasteiger charge is 2.24. The fourth-order valence-corrected chi connectivity index (χ4v) is 2.48. The van der Waals surface area contributed by atoms with E-state index in [0.717, 1.165) is 18.6 Å². The molecule has 0 spiro atoms. The Kier molecular flexibility index (Phi) is 2.32. The molecule has 1 atom stereocenters. The molecule has 0 bridgehead atoms. The molecule has 0 amide bonds. The van der Waals surface area contributed by atoms with Crippen LogP contribution in [-0.2, 0) is 6.42 Å². The molecular weight excluding hydrogens is 198 g/mol. The average Bonchev–Trinajstić information content (AvgIpc) is 2.65. The zero-order valence-electron chi connectivity index (χ0n) is 9.28. The van der Waals surface area contributed by atoms with Gasteiger partial charge >= 0.3 is 0 Å². The second-order valence-corrected chi connectivity index (χ2v) is 4.75. The van der Waals surface area contributed by atoms with Gasteiger partial charge in [0.25, 0.3) is 0 Å². The van der Waals surface area contributed by atoms with Gasteiger partial charge in [0, 0.05) is 0 Å². The highest BCUT2D eigenvalue weighted by Crippen LogP contribution is 2.35. The smallest absolute Gasteiger partial charge is 0.120 e. The Labute approximate surface area is 95.8 Å². The fraction of sp³-hybridized carbons (Fsp3) is 0.500. The lowest BCUT2D eigenvalue weighted by Crippen LogP contribution is -2.24. The van der Waals surface area contributed by atoms with Gasteiger partial charge < -0.3 is 4.74 Å². The first kappa shape index (κ1) is 9.72. The maximum absolute atomic E-state index is 8.99. The van der Waals surface area contributed by atoms with Crippen molar-refractivity contribution < 1.29 is 4.74 Å². The minimum Gasteiger partial charge on any atom is -0.490 e. The molecule has 2 aliphatic rings. The summed E-state index contributed by atoms with van der Waals surface area (Å²) < 4.78 is 5.86. The number of ether oxygens (including phenoxy) is 1. The SMILES string of the molecule is N#CC1CCc2cc(OC3CCC3)ccc21. The quantitative estimate of drug-likeness (QED) is 0.756. The van der Waals surface area contributed by atoms with E-state index in [4.69, 9.17) is 10.00 Å². The molecule has 0 aromatic heterocycles. The minimum absolute atomic E-state index is 0.104. The van der Waals surface area contributed by atoms with Crippen LogP contribution >= 0.6 is 0 Å². The van der Waals surface area contributed by atoms with Crippen molar-refractivity contribution in [3.63, 3.8) is 0 Å². The molecule has 2 aliphatic carbocycles. The fourth-order valence-electron chi connectivity index (χ4n) is 2.48. The monoisotopic (exact) mass is 213 g/mol. The molecule has 3 rings (SSSR count). The largest absolute Gasteiger partial charge is 0.490 e. The molecule has 0 heterocycles. The lowest BCUT2D eigenvalue weighted by Gasteiger charge is -2.26. The van der Waals surface area contributed by atoms with Crippen LogP contribution in [0, 0.1) is 11.3 Å². The summed E-state index contributed by atoms with van der Waals surface area (Å²) in [6.07, 6.45) is 6.11. The Morgan fingerprint density at radius 2 is 2.12 bits per heavy atom. The average molecular weight is 213 g/mol. The van der Waals surface area contributed by atoms with Crippen molar-refractivity contribution in [2.45, 2.75) is 44.1 Å². The van der Waals surface area contributed by atoms with E-state index < -0.39 is 0 Å². The number of hydrogen-bond acceptors (Lipinski definition) is 2. The van der Waals surface area contributed by atoms with E-state index in [1.807, 2.05) is 6.07 Å². The minimum atomic E-state index is 0.104. The lowest BCUT2D eigenvalue weighted by atomic mass is 9.96. The van der Waals surface area contributed by atoms with Crippen LogP contribution in [0.25, 0.3) is 0 Å². The number of benzene rings is 1. The van der Waals surface area contributed by atoms with Gasteiger partial charge in [-0.05, 0) is 55.4 Å². The van der Waals surface area contributed by atoms with Crippen LogP contribution in [0.2, 0.25) is 0 Å². The number of aryl methyl sites for hydroxylation is 1. The summed E-state index contributed by atoms with van der Waals surface area (Å²) >= 11 is 0. The van der Waals surface area contributed by atoms with Gasteiger partial charge in [-0.3, -0.25) is 0 Å². The van der Waals surface area contributed by atoms with Gasteiger partial charge in [-0.25, -0.2) is 0 Å². The summed E-state index contributed by atoms with van der Waals surface area (Å²) in [5, 5.41) is 8.99. The van der Waals surface area contributed by atoms with E-state index in [0.29, 0.717) is 6.10 Å². The van der Waals surface area contributed by atoms with Crippen molar-refractivity contribution in [3.8, 4) is 11.8 Å². The van der Waals surface area contributed by atoms with Crippen LogP contribution in [0.5, 0.6) is 5.75 Å². The third-order valence-corrected chi connectivity index (χ3v) is 3.70. The first-order valence-electron chi connectivity index (χ1n) is 6.06. The maximum atomic E-state index is 8.99. The summed E-state index contributed by atoms with van der Waals surface area (Å²) in [5.41, 5.74) is 2.52. The topological polar surface area (TPSA) is 33.0 Å². The van der Waals surface area contributed by atoms with E-state index >= 15 is 0 Å². The first-order valence-corrected chi connectivity index (χ1v) is 6.06. The zero-order valence-corrected chi connectivity index (χ0v) is 9.28. The second-order valence-electron chi connectivity index (χ2n) is 4.75. The van der Waals surface area contributed by atoms with Crippen molar-refractivity contribution in [2.24, 2.45) is 0 Å². The van der Waals surface area contributed by atoms with Crippen molar-refractivity contribution >= 4 is 0 Å². The Morgan fingerprint density at radius 3 is 2.81 bits per heavy atom. The Hall–Kier alpha value is -1.49. The summed E-state index contributed by atoms with van der Waals surface area (Å²) in [4.78, 5) is 0. The third kappa shape index (κ3) is 1.57. The molecule has 0 N–H and O–H groups in total. The highest BCUT2D eigenvalue weighted by molar-refractivity contribution is 5.43. The van der Waals surface area contributed by atoms with Crippen LogP contribution in [0.4, 0.5) is 0 Å². The van der Waals surface area contributed by atoms with Gasteiger partial charge in [0.05, 0.1) is 18.1 Å². The molecule has 1 saturated carbocycles. The van der Waals surface area contributed by atoms with Gasteiger partial charge in [-0.2, -0.15) is 5.26 Å². The molecule has 82 valence electrons. The molecule has 0 saturated heterocycles. The zero-order chi connectivity index (χ0) is 11.0. The van der Waals surface area contributed by atoms with Crippen molar-refractivity contribution in [1.29, 1.82) is 5.26 Å². The van der Waals surface area contributed by atoms with E-state index in [9.17, 15) is 0 Å². The molecule has 2 heteroatoms. The van der Waals surface area contributed by atoms with E-state index in [2.05, 4.69) is 18.2 Å². The van der Waals surface area contributed by atoms with Crippen LogP contribution in [-0.4, -0.2) is 6.10 Å². The Bertz CT molecular complexity index is 443. The normalized spacial score (nSPS) is 23.3. The van der Waals surface area contributed by atoms with Crippen LogP contribution in [0.3, 0.4) is 0 Å². The summed E-state index contributed by atoms with van der Waals surface area (Å²) in [7, 11) is 0. The van der Waals surface area contributed by atoms with E-state index in [1.54, 1.807) is 0 Å². The summed E-state index contributed by atoms with van der Waals surface area (Å²) in [6.45, 7) is 0.